The van der Waals surface area contributed by atoms with E-state index in [1.807, 2.05) is 11.8 Å². The standard InChI is InChI=1S/C15H28N2S/c1-4-9-17-15(12-16)8-5-6-14(15)7-10-18-11-13(2)3/h13-14,17H,4-11H2,1-3H3. The highest BCUT2D eigenvalue weighted by Crippen LogP contribution is 2.38. The van der Waals surface area contributed by atoms with Gasteiger partial charge in [0.1, 0.15) is 5.54 Å². The lowest BCUT2D eigenvalue weighted by molar-refractivity contribution is 0.311. The maximum absolute atomic E-state index is 9.54. The summed E-state index contributed by atoms with van der Waals surface area (Å²) in [6.07, 6.45) is 5.79. The largest absolute Gasteiger partial charge is 0.299 e. The molecule has 0 radical (unpaired) electrons. The van der Waals surface area contributed by atoms with Gasteiger partial charge in [-0.2, -0.15) is 17.0 Å². The van der Waals surface area contributed by atoms with Crippen LogP contribution >= 0.6 is 11.8 Å². The molecule has 2 unspecified atom stereocenters. The van der Waals surface area contributed by atoms with Crippen LogP contribution in [0.25, 0.3) is 0 Å². The third-order valence-electron chi connectivity index (χ3n) is 3.77. The number of hydrogen-bond acceptors (Lipinski definition) is 3. The molecule has 1 saturated carbocycles. The highest BCUT2D eigenvalue weighted by Gasteiger charge is 2.42. The lowest BCUT2D eigenvalue weighted by Gasteiger charge is -2.30. The van der Waals surface area contributed by atoms with Crippen molar-refractivity contribution in [1.29, 1.82) is 5.26 Å². The van der Waals surface area contributed by atoms with Crippen molar-refractivity contribution in [2.45, 2.75) is 58.4 Å². The summed E-state index contributed by atoms with van der Waals surface area (Å²) in [6.45, 7) is 7.68. The normalized spacial score (nSPS) is 27.6. The second-order valence-corrected chi connectivity index (χ2v) is 7.01. The quantitative estimate of drug-likeness (QED) is 0.680. The molecule has 0 aromatic carbocycles. The molecule has 0 amide bonds. The van der Waals surface area contributed by atoms with Crippen LogP contribution in [0.5, 0.6) is 0 Å². The summed E-state index contributed by atoms with van der Waals surface area (Å²) in [5, 5.41) is 13.1. The molecule has 0 saturated heterocycles. The van der Waals surface area contributed by atoms with Crippen molar-refractivity contribution in [2.75, 3.05) is 18.1 Å². The van der Waals surface area contributed by atoms with Crippen LogP contribution in [0.3, 0.4) is 0 Å². The first-order valence-corrected chi connectivity index (χ1v) is 8.54. The van der Waals surface area contributed by atoms with Crippen molar-refractivity contribution in [3.63, 3.8) is 0 Å². The fourth-order valence-corrected chi connectivity index (χ4v) is 3.87. The van der Waals surface area contributed by atoms with E-state index in [0.29, 0.717) is 5.92 Å². The molecule has 18 heavy (non-hydrogen) atoms. The van der Waals surface area contributed by atoms with Gasteiger partial charge in [-0.1, -0.05) is 27.2 Å². The third kappa shape index (κ3) is 4.48. The van der Waals surface area contributed by atoms with Gasteiger partial charge in [-0.15, -0.1) is 0 Å². The Hall–Kier alpha value is -0.200. The Morgan fingerprint density at radius 1 is 1.50 bits per heavy atom. The highest BCUT2D eigenvalue weighted by atomic mass is 32.2. The Labute approximate surface area is 117 Å². The Bertz CT molecular complexity index is 272. The molecule has 1 rings (SSSR count). The van der Waals surface area contributed by atoms with E-state index in [-0.39, 0.29) is 5.54 Å². The summed E-state index contributed by atoms with van der Waals surface area (Å²) in [7, 11) is 0. The van der Waals surface area contributed by atoms with Crippen LogP contribution in [0.1, 0.15) is 52.9 Å². The first kappa shape index (κ1) is 15.9. The minimum Gasteiger partial charge on any atom is -0.299 e. The summed E-state index contributed by atoms with van der Waals surface area (Å²) in [5.41, 5.74) is -0.214. The molecule has 0 aliphatic heterocycles. The van der Waals surface area contributed by atoms with Gasteiger partial charge in [0.25, 0.3) is 0 Å². The van der Waals surface area contributed by atoms with E-state index >= 15 is 0 Å². The van der Waals surface area contributed by atoms with Crippen LogP contribution < -0.4 is 5.32 Å². The molecule has 0 spiro atoms. The molecule has 0 aromatic rings. The van der Waals surface area contributed by atoms with Gasteiger partial charge in [-0.3, -0.25) is 5.32 Å². The highest BCUT2D eigenvalue weighted by molar-refractivity contribution is 7.99. The number of nitrogens with one attached hydrogen (secondary N) is 1. The van der Waals surface area contributed by atoms with Crippen LogP contribution in [0.2, 0.25) is 0 Å². The minimum absolute atomic E-state index is 0.214. The van der Waals surface area contributed by atoms with Crippen molar-refractivity contribution < 1.29 is 0 Å². The number of nitrogens with zero attached hydrogens (tertiary/aromatic N) is 1. The van der Waals surface area contributed by atoms with Crippen LogP contribution in [-0.4, -0.2) is 23.6 Å². The van der Waals surface area contributed by atoms with E-state index in [1.165, 1.54) is 30.8 Å². The van der Waals surface area contributed by atoms with Gasteiger partial charge < -0.3 is 0 Å². The van der Waals surface area contributed by atoms with Gasteiger partial charge in [-0.25, -0.2) is 0 Å². The van der Waals surface area contributed by atoms with Gasteiger partial charge in [0.15, 0.2) is 0 Å². The van der Waals surface area contributed by atoms with Crippen LogP contribution in [0.15, 0.2) is 0 Å². The van der Waals surface area contributed by atoms with Crippen molar-refractivity contribution in [2.24, 2.45) is 11.8 Å². The summed E-state index contributed by atoms with van der Waals surface area (Å²) in [5.74, 6) is 3.79. The Kier molecular flexibility index (Phi) is 7.11. The lowest BCUT2D eigenvalue weighted by atomic mass is 9.86. The molecule has 0 heterocycles. The zero-order chi connectivity index (χ0) is 13.4. The molecule has 2 nitrogen and oxygen atoms in total. The summed E-state index contributed by atoms with van der Waals surface area (Å²) >= 11 is 2.05. The fourth-order valence-electron chi connectivity index (χ4n) is 2.78. The van der Waals surface area contributed by atoms with E-state index in [1.54, 1.807) is 0 Å². The van der Waals surface area contributed by atoms with Crippen LogP contribution in [0, 0.1) is 23.2 Å². The Morgan fingerprint density at radius 3 is 2.89 bits per heavy atom. The molecular formula is C15H28N2S. The average molecular weight is 268 g/mol. The van der Waals surface area contributed by atoms with Gasteiger partial charge in [0.2, 0.25) is 0 Å². The second-order valence-electron chi connectivity index (χ2n) is 5.86. The first-order chi connectivity index (χ1) is 8.64. The molecule has 3 heteroatoms. The van der Waals surface area contributed by atoms with E-state index in [4.69, 9.17) is 0 Å². The van der Waals surface area contributed by atoms with E-state index < -0.39 is 0 Å². The summed E-state index contributed by atoms with van der Waals surface area (Å²) in [6, 6.07) is 2.59. The molecule has 1 aliphatic rings. The molecule has 104 valence electrons. The third-order valence-corrected chi connectivity index (χ3v) is 5.20. The average Bonchev–Trinajstić information content (AvgIpc) is 2.75. The van der Waals surface area contributed by atoms with Crippen molar-refractivity contribution >= 4 is 11.8 Å². The van der Waals surface area contributed by atoms with Crippen molar-refractivity contribution in [1.82, 2.24) is 5.32 Å². The van der Waals surface area contributed by atoms with Crippen LogP contribution in [-0.2, 0) is 0 Å². The number of thioether (sulfide) groups is 1. The van der Waals surface area contributed by atoms with E-state index in [9.17, 15) is 5.26 Å². The predicted molar refractivity (Wildman–Crippen MR) is 80.8 cm³/mol. The van der Waals surface area contributed by atoms with Gasteiger partial charge in [0.05, 0.1) is 6.07 Å². The molecule has 1 aliphatic carbocycles. The first-order valence-electron chi connectivity index (χ1n) is 7.38. The summed E-state index contributed by atoms with van der Waals surface area (Å²) < 4.78 is 0. The summed E-state index contributed by atoms with van der Waals surface area (Å²) in [4.78, 5) is 0. The number of rotatable bonds is 8. The molecule has 2 atom stereocenters. The molecular weight excluding hydrogens is 240 g/mol. The van der Waals surface area contributed by atoms with Crippen molar-refractivity contribution in [3.8, 4) is 6.07 Å². The Morgan fingerprint density at radius 2 is 2.28 bits per heavy atom. The SMILES string of the molecule is CCCNC1(C#N)CCCC1CCSCC(C)C. The molecule has 0 aromatic heterocycles. The molecule has 0 bridgehead atoms. The zero-order valence-electron chi connectivity index (χ0n) is 12.2. The van der Waals surface area contributed by atoms with Gasteiger partial charge in [-0.05, 0) is 55.6 Å². The van der Waals surface area contributed by atoms with Crippen LogP contribution in [0.4, 0.5) is 0 Å². The predicted octanol–water partition coefficient (Wildman–Crippen LogP) is 3.83. The maximum Gasteiger partial charge on any atom is 0.109 e. The molecule has 1 N–H and O–H groups in total. The fraction of sp³-hybridized carbons (Fsp3) is 0.933. The van der Waals surface area contributed by atoms with Crippen molar-refractivity contribution in [3.05, 3.63) is 0 Å². The second kappa shape index (κ2) is 8.07. The monoisotopic (exact) mass is 268 g/mol. The lowest BCUT2D eigenvalue weighted by Crippen LogP contribution is -2.47. The van der Waals surface area contributed by atoms with E-state index in [0.717, 1.165) is 25.3 Å². The van der Waals surface area contributed by atoms with Gasteiger partial charge in [0, 0.05) is 0 Å². The minimum atomic E-state index is -0.214. The Balaban J connectivity index is 2.40. The topological polar surface area (TPSA) is 35.8 Å². The zero-order valence-corrected chi connectivity index (χ0v) is 13.0. The number of nitriles is 1. The number of hydrogen-bond donors (Lipinski definition) is 1. The van der Waals surface area contributed by atoms with E-state index in [2.05, 4.69) is 32.2 Å². The van der Waals surface area contributed by atoms with Gasteiger partial charge >= 0.3 is 0 Å². The maximum atomic E-state index is 9.54. The smallest absolute Gasteiger partial charge is 0.109 e. The molecule has 1 fully saturated rings.